The van der Waals surface area contributed by atoms with Crippen molar-refractivity contribution in [3.05, 3.63) is 29.8 Å². The van der Waals surface area contributed by atoms with E-state index < -0.39 is 34.9 Å². The van der Waals surface area contributed by atoms with Crippen LogP contribution in [0, 0.1) is 11.8 Å². The van der Waals surface area contributed by atoms with Crippen molar-refractivity contribution in [1.29, 1.82) is 0 Å². The van der Waals surface area contributed by atoms with Crippen LogP contribution in [0.4, 0.5) is 5.69 Å². The van der Waals surface area contributed by atoms with Gasteiger partial charge in [0.1, 0.15) is 11.3 Å². The number of Topliss-reactive ketones (excluding diaryl/α,β-unsaturated/α-hetero) is 1. The second kappa shape index (κ2) is 7.19. The van der Waals surface area contributed by atoms with Crippen LogP contribution in [0.25, 0.3) is 0 Å². The predicted molar refractivity (Wildman–Crippen MR) is 107 cm³/mol. The highest BCUT2D eigenvalue weighted by Gasteiger charge is 2.75. The molecule has 0 unspecified atom stereocenters. The Labute approximate surface area is 174 Å². The lowest BCUT2D eigenvalue weighted by atomic mass is 9.65. The van der Waals surface area contributed by atoms with Crippen LogP contribution in [-0.2, 0) is 34.2 Å². The van der Waals surface area contributed by atoms with Gasteiger partial charge in [0.05, 0.1) is 19.1 Å². The van der Waals surface area contributed by atoms with Gasteiger partial charge in [-0.2, -0.15) is 0 Å². The highest BCUT2D eigenvalue weighted by molar-refractivity contribution is 6.15. The molecule has 30 heavy (non-hydrogen) atoms. The van der Waals surface area contributed by atoms with Crippen LogP contribution in [0.2, 0.25) is 0 Å². The summed E-state index contributed by atoms with van der Waals surface area (Å²) in [5.41, 5.74) is -2.18. The SMILES string of the molecule is CCOC(=O)C1(C(=O)OCC)N[C@]2(C(=O)N(C)c3ccccc32)[C@H]2C(=O)CCC[C@H]21. The Hall–Kier alpha value is -2.74. The van der Waals surface area contributed by atoms with Crippen molar-refractivity contribution >= 4 is 29.3 Å². The molecule has 1 saturated carbocycles. The maximum atomic E-state index is 13.6. The number of likely N-dealkylation sites (N-methyl/N-ethyl adjacent to an activating group) is 1. The number of nitrogens with zero attached hydrogens (tertiary/aromatic N) is 1. The van der Waals surface area contributed by atoms with Crippen molar-refractivity contribution in [1.82, 2.24) is 5.32 Å². The summed E-state index contributed by atoms with van der Waals surface area (Å²) in [7, 11) is 1.63. The highest BCUT2D eigenvalue weighted by Crippen LogP contribution is 2.57. The number of ketones is 1. The van der Waals surface area contributed by atoms with Gasteiger partial charge in [-0.15, -0.1) is 0 Å². The monoisotopic (exact) mass is 414 g/mol. The van der Waals surface area contributed by atoms with Crippen molar-refractivity contribution in [3.8, 4) is 0 Å². The van der Waals surface area contributed by atoms with E-state index in [-0.39, 0.29) is 24.9 Å². The Morgan fingerprint density at radius 2 is 1.77 bits per heavy atom. The molecule has 2 heterocycles. The third-order valence-corrected chi connectivity index (χ3v) is 6.63. The molecule has 3 atom stereocenters. The lowest BCUT2D eigenvalue weighted by Crippen LogP contribution is -2.64. The number of ether oxygens (including phenoxy) is 2. The summed E-state index contributed by atoms with van der Waals surface area (Å²) in [6.45, 7) is 3.42. The van der Waals surface area contributed by atoms with Gasteiger partial charge in [-0.3, -0.25) is 14.9 Å². The van der Waals surface area contributed by atoms with Crippen molar-refractivity contribution in [2.24, 2.45) is 11.8 Å². The molecule has 0 radical (unpaired) electrons. The second-order valence-corrected chi connectivity index (χ2v) is 8.01. The molecule has 1 aromatic rings. The molecule has 4 rings (SSSR count). The number of carbonyl (C=O) groups excluding carboxylic acids is 4. The van der Waals surface area contributed by atoms with Gasteiger partial charge >= 0.3 is 11.9 Å². The van der Waals surface area contributed by atoms with Crippen LogP contribution >= 0.6 is 0 Å². The number of nitrogens with one attached hydrogen (secondary N) is 1. The van der Waals surface area contributed by atoms with E-state index in [0.717, 1.165) is 0 Å². The maximum Gasteiger partial charge on any atom is 0.338 e. The zero-order valence-corrected chi connectivity index (χ0v) is 17.4. The number of hydrogen-bond acceptors (Lipinski definition) is 7. The number of carbonyl (C=O) groups is 4. The lowest BCUT2D eigenvalue weighted by Gasteiger charge is -2.34. The quantitative estimate of drug-likeness (QED) is 0.585. The summed E-state index contributed by atoms with van der Waals surface area (Å²) in [4.78, 5) is 54.9. The highest BCUT2D eigenvalue weighted by atomic mass is 16.6. The summed E-state index contributed by atoms with van der Waals surface area (Å²) in [6.07, 6.45) is 1.26. The average molecular weight is 414 g/mol. The summed E-state index contributed by atoms with van der Waals surface area (Å²) < 4.78 is 10.6. The normalized spacial score (nSPS) is 29.0. The molecule has 1 amide bonds. The third kappa shape index (κ3) is 2.43. The number of esters is 2. The first-order chi connectivity index (χ1) is 14.4. The van der Waals surface area contributed by atoms with E-state index in [0.29, 0.717) is 30.5 Å². The van der Waals surface area contributed by atoms with Crippen molar-refractivity contribution in [3.63, 3.8) is 0 Å². The zero-order valence-electron chi connectivity index (χ0n) is 17.4. The Morgan fingerprint density at radius 3 is 2.40 bits per heavy atom. The van der Waals surface area contributed by atoms with E-state index in [2.05, 4.69) is 5.32 Å². The van der Waals surface area contributed by atoms with Crippen LogP contribution in [-0.4, -0.2) is 49.4 Å². The molecule has 1 saturated heterocycles. The Balaban J connectivity index is 1.98. The molecule has 1 aliphatic carbocycles. The Morgan fingerprint density at radius 1 is 1.13 bits per heavy atom. The standard InChI is InChI=1S/C22H26N2O6/c1-4-29-19(27)22(20(28)30-5-2)14-10-8-12-16(25)17(14)21(23-22)13-9-6-7-11-15(13)24(3)18(21)26/h6-7,9,11,14,17,23H,4-5,8,10,12H2,1-3H3/t14-,17-,21+/m1/s1. The number of hydrogen-bond donors (Lipinski definition) is 1. The second-order valence-electron chi connectivity index (χ2n) is 8.01. The number of rotatable bonds is 4. The van der Waals surface area contributed by atoms with Crippen LogP contribution in [0.1, 0.15) is 38.7 Å². The van der Waals surface area contributed by atoms with E-state index in [1.807, 2.05) is 0 Å². The van der Waals surface area contributed by atoms with E-state index in [4.69, 9.17) is 9.47 Å². The molecule has 0 aromatic heterocycles. The molecule has 0 bridgehead atoms. The number of benzene rings is 1. The third-order valence-electron chi connectivity index (χ3n) is 6.63. The Kier molecular flexibility index (Phi) is 4.92. The van der Waals surface area contributed by atoms with Gasteiger partial charge in [-0.25, -0.2) is 9.59 Å². The molecule has 1 N–H and O–H groups in total. The zero-order chi connectivity index (χ0) is 21.7. The summed E-state index contributed by atoms with van der Waals surface area (Å²) in [6, 6.07) is 7.15. The van der Waals surface area contributed by atoms with E-state index in [1.165, 1.54) is 4.90 Å². The topological polar surface area (TPSA) is 102 Å². The first-order valence-corrected chi connectivity index (χ1v) is 10.4. The van der Waals surface area contributed by atoms with E-state index >= 15 is 0 Å². The van der Waals surface area contributed by atoms with Crippen molar-refractivity contribution in [2.45, 2.75) is 44.2 Å². The lowest BCUT2D eigenvalue weighted by molar-refractivity contribution is -0.169. The van der Waals surface area contributed by atoms with Crippen LogP contribution in [0.5, 0.6) is 0 Å². The number of amides is 1. The molecule has 1 spiro atoms. The molecule has 2 fully saturated rings. The number of para-hydroxylation sites is 1. The fourth-order valence-electron chi connectivity index (χ4n) is 5.52. The first kappa shape index (κ1) is 20.5. The van der Waals surface area contributed by atoms with Crippen molar-refractivity contribution in [2.75, 3.05) is 25.2 Å². The molecular formula is C22H26N2O6. The summed E-state index contributed by atoms with van der Waals surface area (Å²) >= 11 is 0. The predicted octanol–water partition coefficient (Wildman–Crippen LogP) is 1.31. The van der Waals surface area contributed by atoms with Gasteiger partial charge in [-0.1, -0.05) is 18.2 Å². The van der Waals surface area contributed by atoms with Gasteiger partial charge < -0.3 is 14.4 Å². The average Bonchev–Trinajstić information content (AvgIpc) is 3.17. The van der Waals surface area contributed by atoms with E-state index in [9.17, 15) is 19.2 Å². The van der Waals surface area contributed by atoms with Gasteiger partial charge in [0.25, 0.3) is 5.91 Å². The molecule has 3 aliphatic rings. The first-order valence-electron chi connectivity index (χ1n) is 10.4. The minimum absolute atomic E-state index is 0.0600. The maximum absolute atomic E-state index is 13.6. The van der Waals surface area contributed by atoms with Gasteiger partial charge in [0, 0.05) is 30.6 Å². The number of fused-ring (bicyclic) bond motifs is 4. The minimum Gasteiger partial charge on any atom is -0.464 e. The number of anilines is 1. The van der Waals surface area contributed by atoms with Crippen LogP contribution < -0.4 is 10.2 Å². The van der Waals surface area contributed by atoms with Crippen molar-refractivity contribution < 1.29 is 28.7 Å². The Bertz CT molecular complexity index is 910. The molecule has 1 aromatic carbocycles. The van der Waals surface area contributed by atoms with Crippen LogP contribution in [0.15, 0.2) is 24.3 Å². The minimum atomic E-state index is -1.92. The van der Waals surface area contributed by atoms with Gasteiger partial charge in [0.15, 0.2) is 0 Å². The molecule has 2 aliphatic heterocycles. The summed E-state index contributed by atoms with van der Waals surface area (Å²) in [5, 5.41) is 3.10. The fourth-order valence-corrected chi connectivity index (χ4v) is 5.52. The van der Waals surface area contributed by atoms with Gasteiger partial charge in [-0.05, 0) is 32.8 Å². The summed E-state index contributed by atoms with van der Waals surface area (Å²) in [5.74, 6) is -3.69. The van der Waals surface area contributed by atoms with E-state index in [1.54, 1.807) is 45.2 Å². The fraction of sp³-hybridized carbons (Fsp3) is 0.545. The molecule has 160 valence electrons. The smallest absolute Gasteiger partial charge is 0.338 e. The van der Waals surface area contributed by atoms with Crippen LogP contribution in [0.3, 0.4) is 0 Å². The molecule has 8 heteroatoms. The molecular weight excluding hydrogens is 388 g/mol. The van der Waals surface area contributed by atoms with Gasteiger partial charge in [0.2, 0.25) is 5.54 Å². The molecule has 8 nitrogen and oxygen atoms in total. The largest absolute Gasteiger partial charge is 0.464 e.